The fraction of sp³-hybridized carbons (Fsp3) is 0.462. The lowest BCUT2D eigenvalue weighted by Gasteiger charge is -2.29. The van der Waals surface area contributed by atoms with E-state index in [-0.39, 0.29) is 5.91 Å². The molecule has 2 fully saturated rings. The summed E-state index contributed by atoms with van der Waals surface area (Å²) in [5.41, 5.74) is 1.24. The molecule has 1 saturated heterocycles. The number of carbonyl (C=O) groups excluding carboxylic acids is 1. The van der Waals surface area contributed by atoms with Gasteiger partial charge in [0.2, 0.25) is 5.91 Å². The van der Waals surface area contributed by atoms with E-state index < -0.39 is 5.60 Å². The molecule has 3 rings (SSSR count). The number of rotatable bonds is 2. The Bertz CT molecular complexity index is 468. The molecule has 90 valence electrons. The number of hydrazine groups is 1. The van der Waals surface area contributed by atoms with Crippen molar-refractivity contribution in [3.63, 3.8) is 0 Å². The van der Waals surface area contributed by atoms with Crippen molar-refractivity contribution in [2.75, 3.05) is 18.6 Å². The van der Waals surface area contributed by atoms with Crippen molar-refractivity contribution in [2.45, 2.75) is 24.9 Å². The number of nitrogens with zero attached hydrogens (tertiary/aromatic N) is 2. The van der Waals surface area contributed by atoms with Gasteiger partial charge in [0, 0.05) is 25.6 Å². The lowest BCUT2D eigenvalue weighted by atomic mass is 10.1. The molecule has 4 heteroatoms. The Kier molecular flexibility index (Phi) is 2.16. The fourth-order valence-corrected chi connectivity index (χ4v) is 2.41. The molecule has 1 aliphatic carbocycles. The Morgan fingerprint density at radius 3 is 2.59 bits per heavy atom. The van der Waals surface area contributed by atoms with Gasteiger partial charge in [-0.25, -0.2) is 0 Å². The quantitative estimate of drug-likeness (QED) is 0.834. The standard InChI is InChI=1S/C13H16N2O2/c1-14-12(16)6-9-15(14)11-5-3-2-4-10(11)13(17)7-8-13/h2-5,17H,6-9H2,1H3. The first kappa shape index (κ1) is 10.6. The van der Waals surface area contributed by atoms with Gasteiger partial charge in [-0.15, -0.1) is 0 Å². The Labute approximate surface area is 100 Å². The van der Waals surface area contributed by atoms with Crippen molar-refractivity contribution in [3.8, 4) is 0 Å². The molecule has 4 nitrogen and oxygen atoms in total. The van der Waals surface area contributed by atoms with E-state index in [0.717, 1.165) is 24.1 Å². The minimum atomic E-state index is -0.664. The van der Waals surface area contributed by atoms with Crippen molar-refractivity contribution in [1.82, 2.24) is 5.01 Å². The molecule has 0 radical (unpaired) electrons. The van der Waals surface area contributed by atoms with Gasteiger partial charge in [0.15, 0.2) is 0 Å². The number of hydrogen-bond acceptors (Lipinski definition) is 3. The number of aliphatic hydroxyl groups is 1. The molecule has 1 saturated carbocycles. The number of para-hydroxylation sites is 1. The smallest absolute Gasteiger partial charge is 0.242 e. The van der Waals surface area contributed by atoms with Crippen molar-refractivity contribution < 1.29 is 9.90 Å². The number of amides is 1. The van der Waals surface area contributed by atoms with E-state index >= 15 is 0 Å². The zero-order valence-corrected chi connectivity index (χ0v) is 9.89. The van der Waals surface area contributed by atoms with E-state index in [9.17, 15) is 9.90 Å². The second-order valence-corrected chi connectivity index (χ2v) is 4.84. The molecule has 1 aromatic carbocycles. The molecule has 0 atom stereocenters. The lowest BCUT2D eigenvalue weighted by Crippen LogP contribution is -2.36. The van der Waals surface area contributed by atoms with Crippen LogP contribution in [-0.2, 0) is 10.4 Å². The lowest BCUT2D eigenvalue weighted by molar-refractivity contribution is -0.126. The van der Waals surface area contributed by atoms with Gasteiger partial charge in [-0.1, -0.05) is 18.2 Å². The van der Waals surface area contributed by atoms with Crippen LogP contribution in [0.1, 0.15) is 24.8 Å². The average molecular weight is 232 g/mol. The summed E-state index contributed by atoms with van der Waals surface area (Å²) in [4.78, 5) is 11.6. The normalized spacial score (nSPS) is 22.1. The van der Waals surface area contributed by atoms with Gasteiger partial charge in [-0.2, -0.15) is 0 Å². The van der Waals surface area contributed by atoms with Crippen molar-refractivity contribution in [1.29, 1.82) is 0 Å². The molecule has 1 heterocycles. The zero-order valence-electron chi connectivity index (χ0n) is 9.89. The summed E-state index contributed by atoms with van der Waals surface area (Å²) in [5, 5.41) is 13.9. The van der Waals surface area contributed by atoms with E-state index in [1.807, 2.05) is 29.3 Å². The third-order valence-electron chi connectivity index (χ3n) is 3.67. The van der Waals surface area contributed by atoms with Crippen LogP contribution in [0.25, 0.3) is 0 Å². The molecule has 1 amide bonds. The maximum atomic E-state index is 11.6. The summed E-state index contributed by atoms with van der Waals surface area (Å²) in [6.07, 6.45) is 2.17. The second-order valence-electron chi connectivity index (χ2n) is 4.84. The van der Waals surface area contributed by atoms with Crippen LogP contribution >= 0.6 is 0 Å². The number of anilines is 1. The molecule has 0 bridgehead atoms. The average Bonchev–Trinajstić information content (AvgIpc) is 3.00. The van der Waals surface area contributed by atoms with E-state index in [0.29, 0.717) is 13.0 Å². The van der Waals surface area contributed by atoms with Crippen LogP contribution in [0.3, 0.4) is 0 Å². The summed E-state index contributed by atoms with van der Waals surface area (Å²) < 4.78 is 0. The molecule has 1 N–H and O–H groups in total. The van der Waals surface area contributed by atoms with Crippen LogP contribution in [0.2, 0.25) is 0 Å². The molecule has 0 spiro atoms. The van der Waals surface area contributed by atoms with E-state index in [4.69, 9.17) is 0 Å². The third kappa shape index (κ3) is 1.60. The molecule has 0 aromatic heterocycles. The third-order valence-corrected chi connectivity index (χ3v) is 3.67. The van der Waals surface area contributed by atoms with Crippen molar-refractivity contribution in [3.05, 3.63) is 29.8 Å². The maximum absolute atomic E-state index is 11.6. The zero-order chi connectivity index (χ0) is 12.0. The van der Waals surface area contributed by atoms with Gasteiger partial charge in [0.05, 0.1) is 11.3 Å². The maximum Gasteiger partial charge on any atom is 0.242 e. The van der Waals surface area contributed by atoms with Crippen molar-refractivity contribution in [2.24, 2.45) is 0 Å². The van der Waals surface area contributed by atoms with Crippen molar-refractivity contribution >= 4 is 11.6 Å². The van der Waals surface area contributed by atoms with Crippen LogP contribution < -0.4 is 5.01 Å². The van der Waals surface area contributed by atoms with Gasteiger partial charge < -0.3 is 5.11 Å². The monoisotopic (exact) mass is 232 g/mol. The highest BCUT2D eigenvalue weighted by Crippen LogP contribution is 2.49. The minimum Gasteiger partial charge on any atom is -0.385 e. The number of benzene rings is 1. The first-order valence-corrected chi connectivity index (χ1v) is 5.98. The summed E-state index contributed by atoms with van der Waals surface area (Å²) in [5.74, 6) is 0.127. The summed E-state index contributed by atoms with van der Waals surface area (Å²) in [6.45, 7) is 0.697. The Hall–Kier alpha value is -1.55. The number of carbonyl (C=O) groups is 1. The number of hydrogen-bond donors (Lipinski definition) is 1. The largest absolute Gasteiger partial charge is 0.385 e. The first-order chi connectivity index (χ1) is 8.12. The summed E-state index contributed by atoms with van der Waals surface area (Å²) in [6, 6.07) is 7.81. The summed E-state index contributed by atoms with van der Waals surface area (Å²) >= 11 is 0. The van der Waals surface area contributed by atoms with Gasteiger partial charge >= 0.3 is 0 Å². The molecule has 1 aromatic rings. The van der Waals surface area contributed by atoms with Crippen LogP contribution in [0, 0.1) is 0 Å². The van der Waals surface area contributed by atoms with E-state index in [1.165, 1.54) is 0 Å². The Morgan fingerprint density at radius 2 is 2.00 bits per heavy atom. The molecule has 0 unspecified atom stereocenters. The van der Waals surface area contributed by atoms with Crippen LogP contribution in [0.5, 0.6) is 0 Å². The van der Waals surface area contributed by atoms with Gasteiger partial charge in [-0.05, 0) is 18.9 Å². The second kappa shape index (κ2) is 3.47. The predicted molar refractivity (Wildman–Crippen MR) is 64.3 cm³/mol. The van der Waals surface area contributed by atoms with Crippen LogP contribution in [0.15, 0.2) is 24.3 Å². The van der Waals surface area contributed by atoms with E-state index in [2.05, 4.69) is 0 Å². The van der Waals surface area contributed by atoms with Gasteiger partial charge in [0.1, 0.15) is 0 Å². The first-order valence-electron chi connectivity index (χ1n) is 5.98. The fourth-order valence-electron chi connectivity index (χ4n) is 2.41. The van der Waals surface area contributed by atoms with Crippen LogP contribution in [0.4, 0.5) is 5.69 Å². The van der Waals surface area contributed by atoms with Gasteiger partial charge in [0.25, 0.3) is 0 Å². The minimum absolute atomic E-state index is 0.127. The highest BCUT2D eigenvalue weighted by atomic mass is 16.3. The molecular weight excluding hydrogens is 216 g/mol. The van der Waals surface area contributed by atoms with Crippen LogP contribution in [-0.4, -0.2) is 29.6 Å². The predicted octanol–water partition coefficient (Wildman–Crippen LogP) is 1.25. The molecule has 17 heavy (non-hydrogen) atoms. The highest BCUT2D eigenvalue weighted by molar-refractivity contribution is 5.82. The molecule has 2 aliphatic rings. The Morgan fingerprint density at radius 1 is 1.29 bits per heavy atom. The highest BCUT2D eigenvalue weighted by Gasteiger charge is 2.45. The SMILES string of the molecule is CN1C(=O)CCN1c1ccccc1C1(O)CC1. The van der Waals surface area contributed by atoms with E-state index in [1.54, 1.807) is 12.1 Å². The van der Waals surface area contributed by atoms with Gasteiger partial charge in [-0.3, -0.25) is 14.8 Å². The Balaban J connectivity index is 2.00. The topological polar surface area (TPSA) is 43.8 Å². The summed E-state index contributed by atoms with van der Waals surface area (Å²) in [7, 11) is 1.78. The molecular formula is C13H16N2O2. The molecule has 1 aliphatic heterocycles.